The number of carbonyl (C=O) groups is 2. The molecule has 0 bridgehead atoms. The predicted molar refractivity (Wildman–Crippen MR) is 160 cm³/mol. The summed E-state index contributed by atoms with van der Waals surface area (Å²) in [5.74, 6) is -0.756. The second-order valence-electron chi connectivity index (χ2n) is 10.1. The van der Waals surface area contributed by atoms with Crippen LogP contribution >= 0.6 is 23.2 Å². The van der Waals surface area contributed by atoms with E-state index in [4.69, 9.17) is 23.2 Å². The average Bonchev–Trinajstić information content (AvgIpc) is 3.44. The number of carbonyl (C=O) groups excluding carboxylic acids is 2. The molecule has 3 aromatic rings. The van der Waals surface area contributed by atoms with Crippen LogP contribution in [0, 0.1) is 0 Å². The lowest BCUT2D eigenvalue weighted by atomic mass is 10.0. The van der Waals surface area contributed by atoms with Crippen molar-refractivity contribution in [3.05, 3.63) is 100 Å². The van der Waals surface area contributed by atoms with Crippen LogP contribution in [0.2, 0.25) is 10.0 Å². The Labute approximate surface area is 246 Å². The highest BCUT2D eigenvalue weighted by Gasteiger charge is 2.34. The van der Waals surface area contributed by atoms with Gasteiger partial charge in [-0.3, -0.25) is 13.9 Å². The number of hydrogen-bond acceptors (Lipinski definition) is 4. The first kappa shape index (κ1) is 29.9. The zero-order valence-corrected chi connectivity index (χ0v) is 24.6. The van der Waals surface area contributed by atoms with Gasteiger partial charge in [0.1, 0.15) is 12.6 Å². The third kappa shape index (κ3) is 8.22. The molecule has 0 radical (unpaired) electrons. The van der Waals surface area contributed by atoms with Gasteiger partial charge in [0.15, 0.2) is 0 Å². The largest absolute Gasteiger partial charge is 0.352 e. The Morgan fingerprint density at radius 3 is 2.02 bits per heavy atom. The zero-order chi connectivity index (χ0) is 28.7. The maximum absolute atomic E-state index is 14.1. The highest BCUT2D eigenvalue weighted by atomic mass is 35.5. The van der Waals surface area contributed by atoms with Crippen molar-refractivity contribution in [2.45, 2.75) is 50.7 Å². The van der Waals surface area contributed by atoms with E-state index in [-0.39, 0.29) is 24.9 Å². The van der Waals surface area contributed by atoms with Crippen molar-refractivity contribution in [2.24, 2.45) is 0 Å². The molecule has 1 fully saturated rings. The molecule has 1 aliphatic rings. The van der Waals surface area contributed by atoms with E-state index < -0.39 is 28.5 Å². The fourth-order valence-corrected chi connectivity index (χ4v) is 6.03. The Balaban J connectivity index is 1.71. The van der Waals surface area contributed by atoms with Gasteiger partial charge in [0.25, 0.3) is 0 Å². The van der Waals surface area contributed by atoms with Crippen LogP contribution in [0.3, 0.4) is 0 Å². The van der Waals surface area contributed by atoms with E-state index in [0.717, 1.165) is 47.4 Å². The quantitative estimate of drug-likeness (QED) is 0.316. The van der Waals surface area contributed by atoms with Gasteiger partial charge in [-0.15, -0.1) is 0 Å². The molecule has 0 spiro atoms. The summed E-state index contributed by atoms with van der Waals surface area (Å²) in [6, 6.07) is 22.0. The number of sulfonamides is 1. The fourth-order valence-electron chi connectivity index (χ4n) is 4.93. The number of rotatable bonds is 11. The van der Waals surface area contributed by atoms with Crippen molar-refractivity contribution >= 4 is 50.7 Å². The van der Waals surface area contributed by atoms with Crippen LogP contribution < -0.4 is 9.62 Å². The SMILES string of the molecule is CS(=O)(=O)N(CC(=O)N(Cc1ccc(Cl)cc1)[C@@H](Cc1ccccc1)C(=O)NC1CCCC1)c1ccc(Cl)cc1. The lowest BCUT2D eigenvalue weighted by Crippen LogP contribution is -2.54. The fraction of sp³-hybridized carbons (Fsp3) is 0.333. The smallest absolute Gasteiger partial charge is 0.244 e. The molecular weight excluding hydrogens is 569 g/mol. The van der Waals surface area contributed by atoms with Crippen LogP contribution in [0.1, 0.15) is 36.8 Å². The molecule has 2 amide bonds. The number of halogens is 2. The Bertz CT molecular complexity index is 1400. The standard InChI is InChI=1S/C30H33Cl2N3O4S/c1-40(38,39)35(27-17-15-25(32)16-18-27)21-29(36)34(20-23-11-13-24(31)14-12-23)28(19-22-7-3-2-4-8-22)30(37)33-26-9-5-6-10-26/h2-4,7-8,11-18,26,28H,5-6,9-10,19-21H2,1H3,(H,33,37)/t28-/m0/s1. The van der Waals surface area contributed by atoms with Crippen LogP contribution in [-0.2, 0) is 32.6 Å². The predicted octanol–water partition coefficient (Wildman–Crippen LogP) is 5.46. The van der Waals surface area contributed by atoms with Crippen LogP contribution in [-0.4, -0.2) is 50.0 Å². The lowest BCUT2D eigenvalue weighted by Gasteiger charge is -2.34. The lowest BCUT2D eigenvalue weighted by molar-refractivity contribution is -0.140. The average molecular weight is 603 g/mol. The number of nitrogens with zero attached hydrogens (tertiary/aromatic N) is 2. The summed E-state index contributed by atoms with van der Waals surface area (Å²) in [4.78, 5) is 29.4. The van der Waals surface area contributed by atoms with Gasteiger partial charge in [-0.2, -0.15) is 0 Å². The number of benzene rings is 3. The van der Waals surface area contributed by atoms with Crippen molar-refractivity contribution in [1.82, 2.24) is 10.2 Å². The summed E-state index contributed by atoms with van der Waals surface area (Å²) >= 11 is 12.1. The molecule has 7 nitrogen and oxygen atoms in total. The van der Waals surface area contributed by atoms with E-state index in [9.17, 15) is 18.0 Å². The third-order valence-corrected chi connectivity index (χ3v) is 8.68. The maximum atomic E-state index is 14.1. The molecule has 1 aliphatic carbocycles. The Hall–Kier alpha value is -3.07. The Morgan fingerprint density at radius 2 is 1.45 bits per heavy atom. The molecule has 0 heterocycles. The molecule has 10 heteroatoms. The normalized spacial score (nSPS) is 14.5. The van der Waals surface area contributed by atoms with Gasteiger partial charge in [0.05, 0.1) is 11.9 Å². The van der Waals surface area contributed by atoms with Crippen LogP contribution in [0.25, 0.3) is 0 Å². The summed E-state index contributed by atoms with van der Waals surface area (Å²) in [5.41, 5.74) is 1.96. The number of nitrogens with one attached hydrogen (secondary N) is 1. The van der Waals surface area contributed by atoms with E-state index in [1.807, 2.05) is 30.3 Å². The van der Waals surface area contributed by atoms with E-state index in [1.165, 1.54) is 4.90 Å². The monoisotopic (exact) mass is 601 g/mol. The Morgan fingerprint density at radius 1 is 0.875 bits per heavy atom. The third-order valence-electron chi connectivity index (χ3n) is 7.03. The molecule has 1 atom stereocenters. The summed E-state index contributed by atoms with van der Waals surface area (Å²) in [7, 11) is -3.84. The molecule has 40 heavy (non-hydrogen) atoms. The molecule has 1 N–H and O–H groups in total. The first-order valence-corrected chi connectivity index (χ1v) is 15.8. The number of amides is 2. The first-order valence-electron chi connectivity index (χ1n) is 13.2. The minimum Gasteiger partial charge on any atom is -0.352 e. The topological polar surface area (TPSA) is 86.8 Å². The zero-order valence-electron chi connectivity index (χ0n) is 22.3. The molecule has 0 unspecified atom stereocenters. The molecule has 1 saturated carbocycles. The van der Waals surface area contributed by atoms with Crippen molar-refractivity contribution in [2.75, 3.05) is 17.1 Å². The number of hydrogen-bond donors (Lipinski definition) is 1. The molecule has 4 rings (SSSR count). The van der Waals surface area contributed by atoms with Gasteiger partial charge in [0, 0.05) is 29.1 Å². The first-order chi connectivity index (χ1) is 19.1. The van der Waals surface area contributed by atoms with Crippen LogP contribution in [0.5, 0.6) is 0 Å². The molecule has 0 saturated heterocycles. The molecule has 212 valence electrons. The van der Waals surface area contributed by atoms with Gasteiger partial charge < -0.3 is 10.2 Å². The van der Waals surface area contributed by atoms with E-state index in [1.54, 1.807) is 48.5 Å². The molecular formula is C30H33Cl2N3O4S. The van der Waals surface area contributed by atoms with Gasteiger partial charge in [-0.25, -0.2) is 8.42 Å². The van der Waals surface area contributed by atoms with Crippen LogP contribution in [0.15, 0.2) is 78.9 Å². The summed E-state index contributed by atoms with van der Waals surface area (Å²) in [6.07, 6.45) is 5.21. The van der Waals surface area contributed by atoms with Crippen molar-refractivity contribution in [1.29, 1.82) is 0 Å². The highest BCUT2D eigenvalue weighted by molar-refractivity contribution is 7.92. The second kappa shape index (κ2) is 13.5. The summed E-state index contributed by atoms with van der Waals surface area (Å²) in [5, 5.41) is 4.14. The van der Waals surface area contributed by atoms with Crippen molar-refractivity contribution < 1.29 is 18.0 Å². The van der Waals surface area contributed by atoms with Gasteiger partial charge in [-0.1, -0.05) is 78.5 Å². The highest BCUT2D eigenvalue weighted by Crippen LogP contribution is 2.23. The Kier molecular flexibility index (Phi) is 10.1. The minimum absolute atomic E-state index is 0.0554. The molecule has 0 aliphatic heterocycles. The summed E-state index contributed by atoms with van der Waals surface area (Å²) in [6.45, 7) is -0.375. The van der Waals surface area contributed by atoms with E-state index >= 15 is 0 Å². The number of anilines is 1. The summed E-state index contributed by atoms with van der Waals surface area (Å²) < 4.78 is 26.7. The molecule has 0 aromatic heterocycles. The van der Waals surface area contributed by atoms with Crippen molar-refractivity contribution in [3.63, 3.8) is 0 Å². The van der Waals surface area contributed by atoms with Gasteiger partial charge in [-0.05, 0) is 60.4 Å². The maximum Gasteiger partial charge on any atom is 0.244 e. The van der Waals surface area contributed by atoms with E-state index in [2.05, 4.69) is 5.32 Å². The van der Waals surface area contributed by atoms with E-state index in [0.29, 0.717) is 15.7 Å². The second-order valence-corrected chi connectivity index (χ2v) is 12.9. The van der Waals surface area contributed by atoms with Crippen molar-refractivity contribution in [3.8, 4) is 0 Å². The minimum atomic E-state index is -3.84. The van der Waals surface area contributed by atoms with Gasteiger partial charge in [0.2, 0.25) is 21.8 Å². The van der Waals surface area contributed by atoms with Crippen LogP contribution in [0.4, 0.5) is 5.69 Å². The molecule has 3 aromatic carbocycles. The van der Waals surface area contributed by atoms with Gasteiger partial charge >= 0.3 is 0 Å².